The minimum Gasteiger partial charge on any atom is -0.340 e. The molecule has 0 aliphatic carbocycles. The first-order valence-electron chi connectivity index (χ1n) is 8.55. The molecule has 5 rings (SSSR count). The molecule has 1 aliphatic heterocycles. The van der Waals surface area contributed by atoms with Crippen LogP contribution in [0.3, 0.4) is 0 Å². The van der Waals surface area contributed by atoms with Crippen molar-refractivity contribution in [3.05, 3.63) is 82.4 Å². The van der Waals surface area contributed by atoms with Gasteiger partial charge in [-0.05, 0) is 30.2 Å². The highest BCUT2D eigenvalue weighted by molar-refractivity contribution is 6.09. The van der Waals surface area contributed by atoms with Crippen LogP contribution in [0, 0.1) is 10.1 Å². The Labute approximate surface area is 149 Å². The van der Waals surface area contributed by atoms with Crippen LogP contribution in [0.5, 0.6) is 0 Å². The van der Waals surface area contributed by atoms with Crippen LogP contribution < -0.4 is 4.90 Å². The van der Waals surface area contributed by atoms with Crippen molar-refractivity contribution in [2.75, 3.05) is 11.4 Å². The Morgan fingerprint density at radius 1 is 0.923 bits per heavy atom. The lowest BCUT2D eigenvalue weighted by Crippen LogP contribution is -2.14. The normalized spacial score (nSPS) is 13.3. The molecule has 2 heterocycles. The number of hydrogen-bond donors (Lipinski definition) is 0. The number of para-hydroxylation sites is 2. The fraction of sp³-hybridized carbons (Fsp3) is 0.0952. The van der Waals surface area contributed by atoms with E-state index >= 15 is 0 Å². The number of nitro benzene ring substituents is 1. The van der Waals surface area contributed by atoms with Crippen LogP contribution >= 0.6 is 0 Å². The van der Waals surface area contributed by atoms with E-state index in [-0.39, 0.29) is 10.6 Å². The standard InChI is InChI=1S/C21H15N3O2/c25-24(26)15-9-10-20-14(13-15)11-12-23(20)21-16-5-1-3-7-18(16)22-19-8-4-2-6-17(19)21/h1-10,13H,11-12H2. The molecular formula is C21H15N3O2. The molecule has 26 heavy (non-hydrogen) atoms. The first-order chi connectivity index (χ1) is 12.7. The Hall–Kier alpha value is -3.47. The molecule has 0 N–H and O–H groups in total. The van der Waals surface area contributed by atoms with Gasteiger partial charge in [0.05, 0.1) is 21.6 Å². The zero-order valence-corrected chi connectivity index (χ0v) is 13.9. The summed E-state index contributed by atoms with van der Waals surface area (Å²) in [5.74, 6) is 0. The van der Waals surface area contributed by atoms with Crippen molar-refractivity contribution < 1.29 is 4.92 Å². The van der Waals surface area contributed by atoms with Crippen LogP contribution in [-0.2, 0) is 6.42 Å². The molecule has 5 heteroatoms. The van der Waals surface area contributed by atoms with Gasteiger partial charge in [-0.1, -0.05) is 36.4 Å². The summed E-state index contributed by atoms with van der Waals surface area (Å²) in [5, 5.41) is 13.3. The summed E-state index contributed by atoms with van der Waals surface area (Å²) in [6, 6.07) is 21.4. The maximum absolute atomic E-state index is 11.1. The number of pyridine rings is 1. The van der Waals surface area contributed by atoms with Gasteiger partial charge in [0, 0.05) is 35.1 Å². The first kappa shape index (κ1) is 14.8. The lowest BCUT2D eigenvalue weighted by molar-refractivity contribution is -0.384. The number of benzene rings is 3. The molecule has 3 aromatic carbocycles. The third kappa shape index (κ3) is 2.14. The highest BCUT2D eigenvalue weighted by Crippen LogP contribution is 2.42. The number of fused-ring (bicyclic) bond motifs is 3. The Bertz CT molecular complexity index is 1130. The van der Waals surface area contributed by atoms with Gasteiger partial charge in [0.2, 0.25) is 0 Å². The molecular weight excluding hydrogens is 326 g/mol. The summed E-state index contributed by atoms with van der Waals surface area (Å²) in [5.41, 5.74) is 5.24. The van der Waals surface area contributed by atoms with Crippen molar-refractivity contribution in [3.63, 3.8) is 0 Å². The lowest BCUT2D eigenvalue weighted by atomic mass is 10.1. The maximum Gasteiger partial charge on any atom is 0.269 e. The SMILES string of the molecule is O=[N+]([O-])c1ccc2c(c1)CCN2c1c2ccccc2nc2ccccc12. The highest BCUT2D eigenvalue weighted by atomic mass is 16.6. The van der Waals surface area contributed by atoms with Gasteiger partial charge in [-0.15, -0.1) is 0 Å². The Kier molecular flexibility index (Phi) is 3.15. The zero-order chi connectivity index (χ0) is 17.7. The number of anilines is 2. The van der Waals surface area contributed by atoms with Gasteiger partial charge in [0.1, 0.15) is 0 Å². The summed E-state index contributed by atoms with van der Waals surface area (Å²) >= 11 is 0. The maximum atomic E-state index is 11.1. The summed E-state index contributed by atoms with van der Waals surface area (Å²) in [7, 11) is 0. The van der Waals surface area contributed by atoms with Gasteiger partial charge in [-0.25, -0.2) is 4.98 Å². The van der Waals surface area contributed by atoms with Crippen molar-refractivity contribution in [2.45, 2.75) is 6.42 Å². The Balaban J connectivity index is 1.79. The zero-order valence-electron chi connectivity index (χ0n) is 13.9. The molecule has 1 aliphatic rings. The van der Waals surface area contributed by atoms with Crippen LogP contribution in [0.25, 0.3) is 21.8 Å². The average molecular weight is 341 g/mol. The Morgan fingerprint density at radius 3 is 2.23 bits per heavy atom. The number of nitro groups is 1. The molecule has 0 saturated heterocycles. The van der Waals surface area contributed by atoms with Crippen molar-refractivity contribution >= 4 is 38.9 Å². The minimum atomic E-state index is -0.333. The summed E-state index contributed by atoms with van der Waals surface area (Å²) in [6.07, 6.45) is 0.794. The molecule has 5 nitrogen and oxygen atoms in total. The van der Waals surface area contributed by atoms with Gasteiger partial charge in [-0.2, -0.15) is 0 Å². The predicted octanol–water partition coefficient (Wildman–Crippen LogP) is 4.99. The van der Waals surface area contributed by atoms with E-state index in [9.17, 15) is 10.1 Å². The molecule has 126 valence electrons. The number of aromatic nitrogens is 1. The molecule has 0 radical (unpaired) electrons. The number of rotatable bonds is 2. The van der Waals surface area contributed by atoms with Crippen molar-refractivity contribution in [1.29, 1.82) is 0 Å². The molecule has 0 bridgehead atoms. The van der Waals surface area contributed by atoms with E-state index in [0.29, 0.717) is 0 Å². The molecule has 0 unspecified atom stereocenters. The Morgan fingerprint density at radius 2 is 1.58 bits per heavy atom. The predicted molar refractivity (Wildman–Crippen MR) is 103 cm³/mol. The summed E-state index contributed by atoms with van der Waals surface area (Å²) < 4.78 is 0. The second-order valence-corrected chi connectivity index (χ2v) is 6.47. The van der Waals surface area contributed by atoms with Crippen LogP contribution in [0.15, 0.2) is 66.7 Å². The van der Waals surface area contributed by atoms with Crippen molar-refractivity contribution in [1.82, 2.24) is 4.98 Å². The highest BCUT2D eigenvalue weighted by Gasteiger charge is 2.25. The van der Waals surface area contributed by atoms with E-state index in [1.807, 2.05) is 42.5 Å². The van der Waals surface area contributed by atoms with E-state index in [4.69, 9.17) is 4.98 Å². The topological polar surface area (TPSA) is 59.3 Å². The van der Waals surface area contributed by atoms with E-state index in [0.717, 1.165) is 51.7 Å². The molecule has 0 spiro atoms. The number of nitrogens with zero attached hydrogens (tertiary/aromatic N) is 3. The second kappa shape index (κ2) is 5.52. The summed E-state index contributed by atoms with van der Waals surface area (Å²) in [4.78, 5) is 17.8. The first-order valence-corrected chi connectivity index (χ1v) is 8.55. The fourth-order valence-electron chi connectivity index (χ4n) is 3.84. The monoisotopic (exact) mass is 341 g/mol. The molecule has 1 aromatic heterocycles. The second-order valence-electron chi connectivity index (χ2n) is 6.47. The third-order valence-electron chi connectivity index (χ3n) is 5.00. The average Bonchev–Trinajstić information content (AvgIpc) is 3.09. The van der Waals surface area contributed by atoms with E-state index in [1.54, 1.807) is 12.1 Å². The molecule has 0 saturated carbocycles. The van der Waals surface area contributed by atoms with Gasteiger partial charge in [-0.3, -0.25) is 10.1 Å². The van der Waals surface area contributed by atoms with Gasteiger partial charge in [0.15, 0.2) is 0 Å². The number of hydrogen-bond acceptors (Lipinski definition) is 4. The van der Waals surface area contributed by atoms with Crippen LogP contribution in [0.2, 0.25) is 0 Å². The smallest absolute Gasteiger partial charge is 0.269 e. The van der Waals surface area contributed by atoms with Crippen LogP contribution in [0.1, 0.15) is 5.56 Å². The fourth-order valence-corrected chi connectivity index (χ4v) is 3.84. The van der Waals surface area contributed by atoms with Gasteiger partial charge >= 0.3 is 0 Å². The summed E-state index contributed by atoms with van der Waals surface area (Å²) in [6.45, 7) is 0.800. The third-order valence-corrected chi connectivity index (χ3v) is 5.00. The van der Waals surface area contributed by atoms with E-state index < -0.39 is 0 Å². The quantitative estimate of drug-likeness (QED) is 0.293. The van der Waals surface area contributed by atoms with Crippen LogP contribution in [-0.4, -0.2) is 16.5 Å². The van der Waals surface area contributed by atoms with Crippen molar-refractivity contribution in [3.8, 4) is 0 Å². The van der Waals surface area contributed by atoms with E-state index in [1.165, 1.54) is 0 Å². The number of non-ortho nitro benzene ring substituents is 1. The minimum absolute atomic E-state index is 0.148. The lowest BCUT2D eigenvalue weighted by Gasteiger charge is -2.23. The molecule has 4 aromatic rings. The van der Waals surface area contributed by atoms with E-state index in [2.05, 4.69) is 17.0 Å². The molecule has 0 amide bonds. The molecule has 0 atom stereocenters. The van der Waals surface area contributed by atoms with Crippen LogP contribution in [0.4, 0.5) is 17.1 Å². The molecule has 0 fully saturated rings. The van der Waals surface area contributed by atoms with Gasteiger partial charge < -0.3 is 4.90 Å². The largest absolute Gasteiger partial charge is 0.340 e. The van der Waals surface area contributed by atoms with Crippen molar-refractivity contribution in [2.24, 2.45) is 0 Å². The van der Waals surface area contributed by atoms with Gasteiger partial charge in [0.25, 0.3) is 5.69 Å².